The highest BCUT2D eigenvalue weighted by molar-refractivity contribution is 5.90. The number of rotatable bonds is 3. The number of hydrogen-bond donors (Lipinski definition) is 0. The molecule has 0 aromatic heterocycles. The summed E-state index contributed by atoms with van der Waals surface area (Å²) in [7, 11) is 0. The standard InChI is InChI=1S/C12H20O/c1-2-3-6-10-9-7-4-5-8-11(9)12(10)13/h9-11H,2-8H2,1H3/t9-,10-,11-/m1/s1. The number of carbonyl (C=O) groups is 1. The number of carbonyl (C=O) groups excluding carboxylic acids is 1. The zero-order valence-electron chi connectivity index (χ0n) is 8.59. The number of Topliss-reactive ketones (excluding diaryl/α,β-unsaturated/α-hetero) is 1. The molecule has 0 unspecified atom stereocenters. The third-order valence-corrected chi connectivity index (χ3v) is 3.94. The van der Waals surface area contributed by atoms with E-state index in [1.54, 1.807) is 0 Å². The van der Waals surface area contributed by atoms with Crippen molar-refractivity contribution in [2.24, 2.45) is 17.8 Å². The monoisotopic (exact) mass is 180 g/mol. The Morgan fingerprint density at radius 3 is 2.85 bits per heavy atom. The molecule has 0 heterocycles. The van der Waals surface area contributed by atoms with Crippen LogP contribution in [0.2, 0.25) is 0 Å². The number of unbranched alkanes of at least 4 members (excludes halogenated alkanes) is 1. The molecule has 1 nitrogen and oxygen atoms in total. The van der Waals surface area contributed by atoms with E-state index in [2.05, 4.69) is 6.92 Å². The van der Waals surface area contributed by atoms with Crippen LogP contribution in [0.15, 0.2) is 0 Å². The molecule has 74 valence electrons. The molecule has 2 fully saturated rings. The van der Waals surface area contributed by atoms with Crippen molar-refractivity contribution >= 4 is 5.78 Å². The molecule has 2 aliphatic rings. The summed E-state index contributed by atoms with van der Waals surface area (Å²) in [4.78, 5) is 11.7. The fourth-order valence-corrected chi connectivity index (χ4v) is 3.14. The van der Waals surface area contributed by atoms with E-state index in [1.807, 2.05) is 0 Å². The van der Waals surface area contributed by atoms with Gasteiger partial charge in [0.25, 0.3) is 0 Å². The van der Waals surface area contributed by atoms with Crippen molar-refractivity contribution in [2.75, 3.05) is 0 Å². The Kier molecular flexibility index (Phi) is 2.71. The van der Waals surface area contributed by atoms with Crippen LogP contribution < -0.4 is 0 Å². The van der Waals surface area contributed by atoms with Gasteiger partial charge in [0.1, 0.15) is 5.78 Å². The Balaban J connectivity index is 1.87. The minimum Gasteiger partial charge on any atom is -0.299 e. The Hall–Kier alpha value is -0.330. The van der Waals surface area contributed by atoms with Gasteiger partial charge in [-0.05, 0) is 25.2 Å². The van der Waals surface area contributed by atoms with E-state index in [9.17, 15) is 4.79 Å². The molecule has 0 aliphatic heterocycles. The van der Waals surface area contributed by atoms with Crippen molar-refractivity contribution in [1.29, 1.82) is 0 Å². The highest BCUT2D eigenvalue weighted by atomic mass is 16.1. The smallest absolute Gasteiger partial charge is 0.139 e. The van der Waals surface area contributed by atoms with Crippen LogP contribution >= 0.6 is 0 Å². The molecule has 1 heteroatoms. The van der Waals surface area contributed by atoms with Crippen molar-refractivity contribution in [2.45, 2.75) is 51.9 Å². The molecule has 0 bridgehead atoms. The van der Waals surface area contributed by atoms with Gasteiger partial charge in [-0.2, -0.15) is 0 Å². The average molecular weight is 180 g/mol. The maximum absolute atomic E-state index is 11.7. The first kappa shape index (κ1) is 9.23. The molecule has 2 aliphatic carbocycles. The molecule has 0 spiro atoms. The van der Waals surface area contributed by atoms with Crippen LogP contribution in [0.25, 0.3) is 0 Å². The minimum atomic E-state index is 0.477. The molecule has 0 aromatic carbocycles. The summed E-state index contributed by atoms with van der Waals surface area (Å²) in [5.74, 6) is 2.38. The number of hydrogen-bond acceptors (Lipinski definition) is 1. The highest BCUT2D eigenvalue weighted by Crippen LogP contribution is 2.48. The van der Waals surface area contributed by atoms with E-state index in [0.29, 0.717) is 17.6 Å². The van der Waals surface area contributed by atoms with Gasteiger partial charge in [-0.15, -0.1) is 0 Å². The maximum atomic E-state index is 11.7. The van der Waals surface area contributed by atoms with Crippen LogP contribution in [-0.2, 0) is 4.79 Å². The molecule has 0 aromatic rings. The molecular weight excluding hydrogens is 160 g/mol. The lowest BCUT2D eigenvalue weighted by atomic mass is 9.56. The van der Waals surface area contributed by atoms with Crippen molar-refractivity contribution in [3.63, 3.8) is 0 Å². The van der Waals surface area contributed by atoms with Crippen molar-refractivity contribution < 1.29 is 4.79 Å². The topological polar surface area (TPSA) is 17.1 Å². The van der Waals surface area contributed by atoms with Gasteiger partial charge in [-0.1, -0.05) is 32.6 Å². The van der Waals surface area contributed by atoms with Crippen molar-refractivity contribution in [3.05, 3.63) is 0 Å². The quantitative estimate of drug-likeness (QED) is 0.652. The molecule has 2 saturated carbocycles. The van der Waals surface area contributed by atoms with Crippen LogP contribution in [0.1, 0.15) is 51.9 Å². The summed E-state index contributed by atoms with van der Waals surface area (Å²) in [6.45, 7) is 2.21. The Bertz CT molecular complexity index is 197. The fourth-order valence-electron chi connectivity index (χ4n) is 3.14. The van der Waals surface area contributed by atoms with Crippen LogP contribution in [0.4, 0.5) is 0 Å². The van der Waals surface area contributed by atoms with E-state index in [1.165, 1.54) is 44.9 Å². The van der Waals surface area contributed by atoms with Crippen molar-refractivity contribution in [3.8, 4) is 0 Å². The van der Waals surface area contributed by atoms with Crippen molar-refractivity contribution in [1.82, 2.24) is 0 Å². The molecule has 3 atom stereocenters. The van der Waals surface area contributed by atoms with E-state index in [4.69, 9.17) is 0 Å². The van der Waals surface area contributed by atoms with Gasteiger partial charge in [0.15, 0.2) is 0 Å². The summed E-state index contributed by atoms with van der Waals surface area (Å²) in [5.41, 5.74) is 0. The van der Waals surface area contributed by atoms with Crippen LogP contribution in [0.5, 0.6) is 0 Å². The third kappa shape index (κ3) is 1.53. The summed E-state index contributed by atoms with van der Waals surface area (Å²) >= 11 is 0. The summed E-state index contributed by atoms with van der Waals surface area (Å²) in [6.07, 6.45) is 8.87. The summed E-state index contributed by atoms with van der Waals surface area (Å²) in [6, 6.07) is 0. The predicted molar refractivity (Wildman–Crippen MR) is 53.5 cm³/mol. The van der Waals surface area contributed by atoms with E-state index >= 15 is 0 Å². The second-order valence-electron chi connectivity index (χ2n) is 4.71. The highest BCUT2D eigenvalue weighted by Gasteiger charge is 2.48. The lowest BCUT2D eigenvalue weighted by Gasteiger charge is -2.46. The van der Waals surface area contributed by atoms with Gasteiger partial charge >= 0.3 is 0 Å². The first-order chi connectivity index (χ1) is 6.34. The first-order valence-corrected chi connectivity index (χ1v) is 5.88. The van der Waals surface area contributed by atoms with Gasteiger partial charge in [0, 0.05) is 11.8 Å². The van der Waals surface area contributed by atoms with E-state index in [0.717, 1.165) is 5.92 Å². The van der Waals surface area contributed by atoms with Gasteiger partial charge in [0.2, 0.25) is 0 Å². The SMILES string of the molecule is CCCC[C@H]1C(=O)[C@@H]2CCCC[C@H]12. The lowest BCUT2D eigenvalue weighted by Crippen LogP contribution is -2.48. The lowest BCUT2D eigenvalue weighted by molar-refractivity contribution is -0.146. The average Bonchev–Trinajstić information content (AvgIpc) is 2.18. The molecular formula is C12H20O. The second kappa shape index (κ2) is 3.81. The Labute approximate surface area is 80.9 Å². The van der Waals surface area contributed by atoms with Crippen LogP contribution in [0.3, 0.4) is 0 Å². The maximum Gasteiger partial charge on any atom is 0.139 e. The zero-order valence-corrected chi connectivity index (χ0v) is 8.59. The number of fused-ring (bicyclic) bond motifs is 1. The Morgan fingerprint density at radius 1 is 1.31 bits per heavy atom. The second-order valence-corrected chi connectivity index (χ2v) is 4.71. The molecule has 0 saturated heterocycles. The molecule has 13 heavy (non-hydrogen) atoms. The van der Waals surface area contributed by atoms with Crippen LogP contribution in [0, 0.1) is 17.8 Å². The van der Waals surface area contributed by atoms with Gasteiger partial charge in [-0.3, -0.25) is 4.79 Å². The van der Waals surface area contributed by atoms with Gasteiger partial charge in [-0.25, -0.2) is 0 Å². The molecule has 2 rings (SSSR count). The minimum absolute atomic E-state index is 0.477. The molecule has 0 N–H and O–H groups in total. The normalized spacial score (nSPS) is 38.2. The van der Waals surface area contributed by atoms with Gasteiger partial charge in [0.05, 0.1) is 0 Å². The van der Waals surface area contributed by atoms with E-state index in [-0.39, 0.29) is 0 Å². The summed E-state index contributed by atoms with van der Waals surface area (Å²) < 4.78 is 0. The predicted octanol–water partition coefficient (Wildman–Crippen LogP) is 3.18. The van der Waals surface area contributed by atoms with Crippen LogP contribution in [-0.4, -0.2) is 5.78 Å². The summed E-state index contributed by atoms with van der Waals surface area (Å²) in [5, 5.41) is 0. The van der Waals surface area contributed by atoms with Gasteiger partial charge < -0.3 is 0 Å². The first-order valence-electron chi connectivity index (χ1n) is 5.88. The fraction of sp³-hybridized carbons (Fsp3) is 0.917. The molecule has 0 amide bonds. The third-order valence-electron chi connectivity index (χ3n) is 3.94. The zero-order chi connectivity index (χ0) is 9.26. The largest absolute Gasteiger partial charge is 0.299 e. The molecule has 0 radical (unpaired) electrons. The number of ketones is 1. The van der Waals surface area contributed by atoms with E-state index < -0.39 is 0 Å². The Morgan fingerprint density at radius 2 is 2.08 bits per heavy atom.